The van der Waals surface area contributed by atoms with E-state index in [4.69, 9.17) is 0 Å². The molecule has 1 nitrogen and oxygen atoms in total. The largest absolute Gasteiger partial charge is 1.00 e. The second kappa shape index (κ2) is 4.17. The van der Waals surface area contributed by atoms with Gasteiger partial charge >= 0.3 is 0 Å². The van der Waals surface area contributed by atoms with Gasteiger partial charge in [-0.2, -0.15) is 0 Å². The Labute approximate surface area is 83.1 Å². The van der Waals surface area contributed by atoms with Gasteiger partial charge in [0.2, 0.25) is 0 Å². The molecule has 0 bridgehead atoms. The standard InChI is InChI=1S/C9H11NS.ClH/c10-8-5-7-3-1-2-4-9(7)11-6-8;/h1-4,8H,5-6,10H2;1H/t8-;/m1./s1. The number of thioether (sulfide) groups is 1. The van der Waals surface area contributed by atoms with E-state index in [1.807, 2.05) is 11.8 Å². The van der Waals surface area contributed by atoms with E-state index in [2.05, 4.69) is 30.0 Å². The summed E-state index contributed by atoms with van der Waals surface area (Å²) in [6.45, 7) is 0. The number of hydrogen-bond donors (Lipinski definition) is 1. The molecule has 0 amide bonds. The summed E-state index contributed by atoms with van der Waals surface area (Å²) in [5.41, 5.74) is 5.55. The Morgan fingerprint density at radius 2 is 2.08 bits per heavy atom. The number of benzene rings is 1. The molecule has 0 saturated carbocycles. The molecule has 0 aromatic heterocycles. The molecule has 2 rings (SSSR count). The predicted molar refractivity (Wildman–Crippen MR) is 47.5 cm³/mol. The summed E-state index contributed by atoms with van der Waals surface area (Å²) in [5.74, 6) is 1.18. The highest BCUT2D eigenvalue weighted by atomic mass is 35.5. The van der Waals surface area contributed by atoms with E-state index in [1.54, 1.807) is 0 Å². The van der Waals surface area contributed by atoms with Crippen LogP contribution in [0.25, 0.3) is 0 Å². The molecular weight excluding hydrogens is 190 g/mol. The van der Waals surface area contributed by atoms with Crippen LogP contribution in [-0.2, 0) is 6.42 Å². The van der Waals surface area contributed by atoms with Crippen molar-refractivity contribution in [3.63, 3.8) is 0 Å². The summed E-state index contributed by atoms with van der Waals surface area (Å²) in [5, 5.41) is 0. The fourth-order valence-electron chi connectivity index (χ4n) is 1.39. The summed E-state index contributed by atoms with van der Waals surface area (Å²) >= 11 is 1.93. The van der Waals surface area contributed by atoms with Crippen molar-refractivity contribution in [1.82, 2.24) is 0 Å². The minimum absolute atomic E-state index is 0. The lowest BCUT2D eigenvalue weighted by atomic mass is 10.1. The van der Waals surface area contributed by atoms with Gasteiger partial charge in [-0.15, -0.1) is 11.8 Å². The second-order valence-corrected chi connectivity index (χ2v) is 4.05. The topological polar surface area (TPSA) is 27.6 Å². The van der Waals surface area contributed by atoms with Crippen molar-refractivity contribution in [3.8, 4) is 0 Å². The zero-order valence-electron chi connectivity index (χ0n) is 6.79. The van der Waals surface area contributed by atoms with Crippen LogP contribution in [0.1, 0.15) is 5.56 Å². The van der Waals surface area contributed by atoms with E-state index in [0.717, 1.165) is 6.42 Å². The van der Waals surface area contributed by atoms with Crippen LogP contribution >= 0.6 is 11.8 Å². The molecule has 1 heterocycles. The maximum atomic E-state index is 4.08. The lowest BCUT2D eigenvalue weighted by Gasteiger charge is -2.17. The Morgan fingerprint density at radius 3 is 2.92 bits per heavy atom. The monoisotopic (exact) mass is 201 g/mol. The zero-order chi connectivity index (χ0) is 7.68. The van der Waals surface area contributed by atoms with Crippen molar-refractivity contribution in [2.24, 2.45) is 0 Å². The first kappa shape index (κ1) is 9.90. The molecule has 0 saturated heterocycles. The van der Waals surface area contributed by atoms with Crippen molar-refractivity contribution in [1.29, 1.82) is 0 Å². The molecule has 0 spiro atoms. The third-order valence-electron chi connectivity index (χ3n) is 1.96. The van der Waals surface area contributed by atoms with Crippen molar-refractivity contribution >= 4 is 11.8 Å². The van der Waals surface area contributed by atoms with Gasteiger partial charge in [-0.25, -0.2) is 0 Å². The molecule has 3 N–H and O–H groups in total. The Bertz CT molecular complexity index is 264. The molecule has 0 unspecified atom stereocenters. The SMILES string of the molecule is [Cl-].[NH3+][C@H]1CSc2ccccc2C1. The van der Waals surface area contributed by atoms with E-state index in [1.165, 1.54) is 16.2 Å². The normalized spacial score (nSPS) is 20.9. The Balaban J connectivity index is 0.000000720. The van der Waals surface area contributed by atoms with Gasteiger partial charge in [-0.1, -0.05) is 18.2 Å². The van der Waals surface area contributed by atoms with Gasteiger partial charge in [0.1, 0.15) is 0 Å². The lowest BCUT2D eigenvalue weighted by Crippen LogP contribution is -3.00. The Hall–Kier alpha value is -0.180. The highest BCUT2D eigenvalue weighted by Gasteiger charge is 2.16. The van der Waals surface area contributed by atoms with Crippen molar-refractivity contribution in [3.05, 3.63) is 29.8 Å². The molecule has 1 aliphatic heterocycles. The smallest absolute Gasteiger partial charge is 0.0980 e. The van der Waals surface area contributed by atoms with Crippen LogP contribution in [0.3, 0.4) is 0 Å². The number of quaternary nitrogens is 1. The average Bonchev–Trinajstić information content (AvgIpc) is 2.04. The molecule has 1 aliphatic rings. The highest BCUT2D eigenvalue weighted by molar-refractivity contribution is 7.99. The van der Waals surface area contributed by atoms with Crippen LogP contribution in [-0.4, -0.2) is 11.8 Å². The lowest BCUT2D eigenvalue weighted by molar-refractivity contribution is -0.411. The van der Waals surface area contributed by atoms with Gasteiger partial charge in [0.25, 0.3) is 0 Å². The summed E-state index contributed by atoms with van der Waals surface area (Å²) in [4.78, 5) is 1.45. The third-order valence-corrected chi connectivity index (χ3v) is 3.30. The quantitative estimate of drug-likeness (QED) is 0.514. The van der Waals surface area contributed by atoms with E-state index < -0.39 is 0 Å². The zero-order valence-corrected chi connectivity index (χ0v) is 8.37. The summed E-state index contributed by atoms with van der Waals surface area (Å²) in [6, 6.07) is 9.23. The maximum absolute atomic E-state index is 4.08. The van der Waals surface area contributed by atoms with Crippen LogP contribution in [0.5, 0.6) is 0 Å². The van der Waals surface area contributed by atoms with Gasteiger partial charge in [0.15, 0.2) is 0 Å². The molecule has 3 heteroatoms. The highest BCUT2D eigenvalue weighted by Crippen LogP contribution is 2.28. The van der Waals surface area contributed by atoms with Gasteiger partial charge in [0, 0.05) is 11.3 Å². The van der Waals surface area contributed by atoms with E-state index >= 15 is 0 Å². The van der Waals surface area contributed by atoms with Crippen molar-refractivity contribution in [2.75, 3.05) is 5.75 Å². The fourth-order valence-corrected chi connectivity index (χ4v) is 2.44. The van der Waals surface area contributed by atoms with Gasteiger partial charge in [-0.3, -0.25) is 0 Å². The van der Waals surface area contributed by atoms with Gasteiger partial charge in [-0.05, 0) is 11.6 Å². The van der Waals surface area contributed by atoms with Crippen LogP contribution in [0.4, 0.5) is 0 Å². The summed E-state index contributed by atoms with van der Waals surface area (Å²) < 4.78 is 0. The number of rotatable bonds is 0. The van der Waals surface area contributed by atoms with Gasteiger partial charge < -0.3 is 18.1 Å². The second-order valence-electron chi connectivity index (χ2n) is 2.99. The molecule has 1 aromatic carbocycles. The molecule has 0 radical (unpaired) electrons. The maximum Gasteiger partial charge on any atom is 0.0980 e. The first-order valence-electron chi connectivity index (χ1n) is 3.90. The first-order chi connectivity index (χ1) is 5.36. The molecule has 0 fully saturated rings. The summed E-state index contributed by atoms with van der Waals surface area (Å²) in [7, 11) is 0. The third kappa shape index (κ3) is 1.94. The number of hydrogen-bond acceptors (Lipinski definition) is 1. The van der Waals surface area contributed by atoms with Gasteiger partial charge in [0.05, 0.1) is 11.8 Å². The Morgan fingerprint density at radius 1 is 1.33 bits per heavy atom. The van der Waals surface area contributed by atoms with E-state index in [9.17, 15) is 0 Å². The number of fused-ring (bicyclic) bond motifs is 1. The average molecular weight is 202 g/mol. The van der Waals surface area contributed by atoms with E-state index in [-0.39, 0.29) is 12.4 Å². The fraction of sp³-hybridized carbons (Fsp3) is 0.333. The van der Waals surface area contributed by atoms with Crippen LogP contribution < -0.4 is 18.1 Å². The van der Waals surface area contributed by atoms with Crippen molar-refractivity contribution in [2.45, 2.75) is 17.4 Å². The van der Waals surface area contributed by atoms with Crippen LogP contribution in [0.2, 0.25) is 0 Å². The minimum atomic E-state index is 0. The predicted octanol–water partition coefficient (Wildman–Crippen LogP) is -2.05. The molecule has 0 aliphatic carbocycles. The molecule has 12 heavy (non-hydrogen) atoms. The summed E-state index contributed by atoms with van der Waals surface area (Å²) in [6.07, 6.45) is 1.16. The molecule has 1 atom stereocenters. The number of halogens is 1. The molecule has 1 aromatic rings. The molecular formula is C9H12ClNS. The van der Waals surface area contributed by atoms with Crippen molar-refractivity contribution < 1.29 is 18.1 Å². The Kier molecular flexibility index (Phi) is 3.44. The molecule has 66 valence electrons. The van der Waals surface area contributed by atoms with Crippen LogP contribution in [0.15, 0.2) is 29.2 Å². The van der Waals surface area contributed by atoms with E-state index in [0.29, 0.717) is 6.04 Å². The van der Waals surface area contributed by atoms with Crippen LogP contribution in [0, 0.1) is 0 Å². The minimum Gasteiger partial charge on any atom is -1.00 e. The first-order valence-corrected chi connectivity index (χ1v) is 4.88.